The molecule has 0 aromatic carbocycles. The Morgan fingerprint density at radius 2 is 1.00 bits per heavy atom. The second kappa shape index (κ2) is 35.4. The third-order valence-corrected chi connectivity index (χ3v) is 0.167. The molecule has 0 N–H and O–H groups in total. The van der Waals surface area contributed by atoms with Gasteiger partial charge < -0.3 is 14.9 Å². The summed E-state index contributed by atoms with van der Waals surface area (Å²) in [5.41, 5.74) is 0. The fourth-order valence-corrected chi connectivity index (χ4v) is 0. The van der Waals surface area contributed by atoms with Crippen LogP contribution >= 0.6 is 0 Å². The molecule has 0 aliphatic heterocycles. The van der Waals surface area contributed by atoms with Crippen molar-refractivity contribution in [2.75, 3.05) is 0 Å². The van der Waals surface area contributed by atoms with E-state index in [0.29, 0.717) is 0 Å². The molecule has 0 amide bonds. The van der Waals surface area contributed by atoms with E-state index in [4.69, 9.17) is 0 Å². The summed E-state index contributed by atoms with van der Waals surface area (Å²) < 4.78 is 0. The molecule has 0 nitrogen and oxygen atoms in total. The fraction of sp³-hybridized carbons (Fsp3) is 0. The second-order valence-corrected chi connectivity index (χ2v) is 0.471. The Morgan fingerprint density at radius 3 is 1.00 bits per heavy atom. The number of allylic oxidation sites excluding steroid dienone is 2. The van der Waals surface area contributed by atoms with Gasteiger partial charge >= 0.3 is 20.4 Å². The van der Waals surface area contributed by atoms with Crippen molar-refractivity contribution in [2.24, 2.45) is 0 Å². The number of rotatable bonds is 1. The number of hydrogen-bond acceptors (Lipinski definition) is 0. The molecule has 0 bridgehead atoms. The molecule has 0 fully saturated rings. The Bertz CT molecular complexity index is 25.2. The first-order valence-corrected chi connectivity index (χ1v) is 1.15. The summed E-state index contributed by atoms with van der Waals surface area (Å²) in [7, 11) is 0. The molecule has 0 spiro atoms. The van der Waals surface area contributed by atoms with Gasteiger partial charge in [0, 0.05) is 0 Å². The van der Waals surface area contributed by atoms with Crippen molar-refractivity contribution in [2.45, 2.75) is 0 Å². The zero-order valence-corrected chi connectivity index (χ0v) is 6.44. The molecule has 0 atom stereocenters. The van der Waals surface area contributed by atoms with E-state index in [1.165, 1.54) is 0 Å². The van der Waals surface area contributed by atoms with E-state index in [1.807, 2.05) is 0 Å². The molecule has 0 radical (unpaired) electrons. The van der Waals surface area contributed by atoms with Gasteiger partial charge in [-0.15, -0.1) is 0 Å². The molecule has 0 unspecified atom stereocenters. The molecule has 0 rings (SSSR count). The van der Waals surface area contributed by atoms with Crippen LogP contribution < -0.4 is 0 Å². The molecule has 0 saturated heterocycles. The summed E-state index contributed by atoms with van der Waals surface area (Å²) in [6, 6.07) is 0. The minimum Gasteiger partial charge on any atom is -0.358 e. The van der Waals surface area contributed by atoms with Crippen LogP contribution in [-0.2, 0) is 20.4 Å². The van der Waals surface area contributed by atoms with Gasteiger partial charge in [-0.3, -0.25) is 0 Å². The van der Waals surface area contributed by atoms with Crippen molar-refractivity contribution in [3.8, 4) is 0 Å². The van der Waals surface area contributed by atoms with Crippen LogP contribution in [0.25, 0.3) is 0 Å². The minimum atomic E-state index is 0. The molecule has 46 valence electrons. The Morgan fingerprint density at radius 1 is 0.857 bits per heavy atom. The normalized spacial score (nSPS) is 2.86. The SMILES string of the molecule is C=CC=C.[CH3-].[CH3-].[Pd+2]. The van der Waals surface area contributed by atoms with Gasteiger partial charge in [-0.2, -0.15) is 0 Å². The maximum absolute atomic E-state index is 3.36. The summed E-state index contributed by atoms with van der Waals surface area (Å²) >= 11 is 0. The first kappa shape index (κ1) is 27.3. The van der Waals surface area contributed by atoms with E-state index in [1.54, 1.807) is 12.2 Å². The smallest absolute Gasteiger partial charge is 0.358 e. The quantitative estimate of drug-likeness (QED) is 0.338. The van der Waals surface area contributed by atoms with Crippen molar-refractivity contribution in [1.29, 1.82) is 0 Å². The van der Waals surface area contributed by atoms with Gasteiger partial charge in [0.1, 0.15) is 0 Å². The van der Waals surface area contributed by atoms with Crippen molar-refractivity contribution in [3.05, 3.63) is 40.2 Å². The molecular weight excluding hydrogens is 178 g/mol. The van der Waals surface area contributed by atoms with Gasteiger partial charge in [0.2, 0.25) is 0 Å². The third-order valence-electron chi connectivity index (χ3n) is 0.167. The van der Waals surface area contributed by atoms with Crippen LogP contribution in [-0.4, -0.2) is 0 Å². The second-order valence-electron chi connectivity index (χ2n) is 0.471. The van der Waals surface area contributed by atoms with Gasteiger partial charge in [0.15, 0.2) is 0 Å². The molecule has 0 heterocycles. The van der Waals surface area contributed by atoms with E-state index < -0.39 is 0 Å². The van der Waals surface area contributed by atoms with Gasteiger partial charge in [-0.1, -0.05) is 25.3 Å². The Hall–Kier alpha value is 0.142. The molecule has 0 aromatic rings. The maximum atomic E-state index is 3.36. The topological polar surface area (TPSA) is 0 Å². The Labute approximate surface area is 61.0 Å². The van der Waals surface area contributed by atoms with Crippen molar-refractivity contribution < 1.29 is 20.4 Å². The van der Waals surface area contributed by atoms with Gasteiger partial charge in [0.25, 0.3) is 0 Å². The van der Waals surface area contributed by atoms with Crippen LogP contribution in [0.15, 0.2) is 25.3 Å². The first-order chi connectivity index (χ1) is 1.91. The van der Waals surface area contributed by atoms with Crippen molar-refractivity contribution >= 4 is 0 Å². The molecule has 0 aromatic heterocycles. The average Bonchev–Trinajstić information content (AvgIpc) is 1.37. The maximum Gasteiger partial charge on any atom is 2.00 e. The minimum absolute atomic E-state index is 0. The average molecular weight is 191 g/mol. The van der Waals surface area contributed by atoms with E-state index in [9.17, 15) is 0 Å². The van der Waals surface area contributed by atoms with E-state index >= 15 is 0 Å². The Balaban J connectivity index is -0.0000000150. The van der Waals surface area contributed by atoms with Crippen molar-refractivity contribution in [3.63, 3.8) is 0 Å². The predicted molar refractivity (Wildman–Crippen MR) is 33.2 cm³/mol. The molecule has 0 aliphatic carbocycles. The third kappa shape index (κ3) is 80.8. The van der Waals surface area contributed by atoms with Crippen LogP contribution in [0.1, 0.15) is 0 Å². The molecule has 0 saturated carbocycles. The van der Waals surface area contributed by atoms with Crippen LogP contribution in [0.3, 0.4) is 0 Å². The van der Waals surface area contributed by atoms with Crippen LogP contribution in [0.5, 0.6) is 0 Å². The van der Waals surface area contributed by atoms with E-state index in [2.05, 4.69) is 13.2 Å². The fourth-order valence-electron chi connectivity index (χ4n) is 0. The zero-order valence-electron chi connectivity index (χ0n) is 4.89. The monoisotopic (exact) mass is 190 g/mol. The van der Waals surface area contributed by atoms with Gasteiger partial charge in [0.05, 0.1) is 0 Å². The summed E-state index contributed by atoms with van der Waals surface area (Å²) in [6.45, 7) is 6.72. The standard InChI is InChI=1S/C4H6.2CH3.Pd/c1-3-4-2;;;/h3-4H,1-2H2;2*1H3;/q;2*-1;+2. The van der Waals surface area contributed by atoms with Gasteiger partial charge in [-0.25, -0.2) is 0 Å². The summed E-state index contributed by atoms with van der Waals surface area (Å²) in [5.74, 6) is 0. The van der Waals surface area contributed by atoms with E-state index in [0.717, 1.165) is 0 Å². The Kier molecular flexibility index (Phi) is 138. The van der Waals surface area contributed by atoms with Crippen LogP contribution in [0.2, 0.25) is 0 Å². The first-order valence-electron chi connectivity index (χ1n) is 1.15. The summed E-state index contributed by atoms with van der Waals surface area (Å²) in [5, 5.41) is 0. The zero-order chi connectivity index (χ0) is 3.41. The van der Waals surface area contributed by atoms with Gasteiger partial charge in [-0.05, 0) is 0 Å². The predicted octanol–water partition coefficient (Wildman–Crippen LogP) is 2.26. The van der Waals surface area contributed by atoms with Crippen LogP contribution in [0.4, 0.5) is 0 Å². The number of hydrogen-bond donors (Lipinski definition) is 0. The van der Waals surface area contributed by atoms with E-state index in [-0.39, 0.29) is 35.3 Å². The van der Waals surface area contributed by atoms with Crippen LogP contribution in [0, 0.1) is 14.9 Å². The molecule has 0 aliphatic rings. The largest absolute Gasteiger partial charge is 2.00 e. The summed E-state index contributed by atoms with van der Waals surface area (Å²) in [4.78, 5) is 0. The molecule has 7 heavy (non-hydrogen) atoms. The molecule has 1 heteroatoms. The summed E-state index contributed by atoms with van der Waals surface area (Å²) in [6.07, 6.45) is 3.28. The molecular formula is C6H12Pd. The van der Waals surface area contributed by atoms with Crippen molar-refractivity contribution in [1.82, 2.24) is 0 Å².